The van der Waals surface area contributed by atoms with Crippen LogP contribution in [0.3, 0.4) is 0 Å². The smallest absolute Gasteiger partial charge is 0.260 e. The molecule has 0 radical (unpaired) electrons. The fraction of sp³-hybridized carbons (Fsp3) is 0.333. The van der Waals surface area contributed by atoms with Gasteiger partial charge >= 0.3 is 0 Å². The third kappa shape index (κ3) is 2.85. The van der Waals surface area contributed by atoms with E-state index < -0.39 is 0 Å². The van der Waals surface area contributed by atoms with Gasteiger partial charge in [-0.05, 0) is 18.2 Å². The molecule has 1 fully saturated rings. The van der Waals surface area contributed by atoms with Crippen molar-refractivity contribution in [3.8, 4) is 11.5 Å². The van der Waals surface area contributed by atoms with Gasteiger partial charge in [0.05, 0.1) is 10.8 Å². The van der Waals surface area contributed by atoms with Crippen molar-refractivity contribution in [3.05, 3.63) is 29.0 Å². The first-order valence-electron chi connectivity index (χ1n) is 5.82. The lowest BCUT2D eigenvalue weighted by molar-refractivity contribution is 0.423. The molecule has 0 saturated carbocycles. The molecular weight excluding hydrogens is 302 g/mol. The van der Waals surface area contributed by atoms with Gasteiger partial charge in [0.2, 0.25) is 0 Å². The van der Waals surface area contributed by atoms with Crippen molar-refractivity contribution in [2.75, 3.05) is 23.0 Å². The van der Waals surface area contributed by atoms with Gasteiger partial charge in [0.15, 0.2) is 5.82 Å². The fourth-order valence-corrected chi connectivity index (χ4v) is 4.61. The normalized spacial score (nSPS) is 19.5. The topological polar surface area (TPSA) is 64.9 Å². The minimum atomic E-state index is 0.310. The van der Waals surface area contributed by atoms with Crippen molar-refractivity contribution >= 4 is 40.8 Å². The molecule has 2 N–H and O–H groups in total. The van der Waals surface area contributed by atoms with Crippen LogP contribution in [0.2, 0.25) is 5.02 Å². The Kier molecular flexibility index (Phi) is 3.91. The van der Waals surface area contributed by atoms with Gasteiger partial charge in [-0.1, -0.05) is 16.8 Å². The van der Waals surface area contributed by atoms with E-state index in [-0.39, 0.29) is 0 Å². The number of hydrogen-bond donors (Lipinski definition) is 1. The summed E-state index contributed by atoms with van der Waals surface area (Å²) in [5, 5.41) is 4.98. The molecular formula is C12H12ClN3OS2. The van der Waals surface area contributed by atoms with E-state index in [1.54, 1.807) is 18.2 Å². The van der Waals surface area contributed by atoms with E-state index in [1.807, 2.05) is 23.5 Å². The Morgan fingerprint density at radius 2 is 2.26 bits per heavy atom. The number of thioether (sulfide) groups is 2. The first-order chi connectivity index (χ1) is 9.24. The summed E-state index contributed by atoms with van der Waals surface area (Å²) in [5.41, 5.74) is 7.20. The number of rotatable bonds is 2. The van der Waals surface area contributed by atoms with Crippen LogP contribution in [0.25, 0.3) is 11.5 Å². The maximum Gasteiger partial charge on any atom is 0.260 e. The molecule has 0 aliphatic carbocycles. The number of nitrogen functional groups attached to an aromatic ring is 1. The van der Waals surface area contributed by atoms with Crippen molar-refractivity contribution < 1.29 is 4.52 Å². The Hall–Kier alpha value is -0.850. The number of hydrogen-bond acceptors (Lipinski definition) is 6. The van der Waals surface area contributed by atoms with Gasteiger partial charge in [-0.15, -0.1) is 11.8 Å². The van der Waals surface area contributed by atoms with Gasteiger partial charge in [-0.3, -0.25) is 0 Å². The van der Waals surface area contributed by atoms with E-state index in [1.165, 1.54) is 5.75 Å². The zero-order chi connectivity index (χ0) is 13.2. The second-order valence-electron chi connectivity index (χ2n) is 4.12. The molecule has 100 valence electrons. The van der Waals surface area contributed by atoms with Crippen LogP contribution in [0.5, 0.6) is 0 Å². The van der Waals surface area contributed by atoms with Crippen molar-refractivity contribution in [1.82, 2.24) is 10.1 Å². The fourth-order valence-electron chi connectivity index (χ4n) is 1.84. The summed E-state index contributed by atoms with van der Waals surface area (Å²) in [5.74, 6) is 4.56. The number of benzene rings is 1. The molecule has 1 saturated heterocycles. The molecule has 1 atom stereocenters. The first-order valence-corrected chi connectivity index (χ1v) is 8.40. The number of anilines is 1. The maximum absolute atomic E-state index is 5.92. The van der Waals surface area contributed by atoms with E-state index in [2.05, 4.69) is 10.1 Å². The predicted molar refractivity (Wildman–Crippen MR) is 81.7 cm³/mol. The quantitative estimate of drug-likeness (QED) is 0.856. The van der Waals surface area contributed by atoms with Crippen LogP contribution in [0.4, 0.5) is 5.69 Å². The predicted octanol–water partition coefficient (Wildman–Crippen LogP) is 3.49. The Labute approximate surface area is 124 Å². The molecule has 3 rings (SSSR count). The van der Waals surface area contributed by atoms with Gasteiger partial charge < -0.3 is 10.3 Å². The van der Waals surface area contributed by atoms with Crippen LogP contribution in [0.1, 0.15) is 11.1 Å². The van der Waals surface area contributed by atoms with Crippen molar-refractivity contribution in [1.29, 1.82) is 0 Å². The van der Waals surface area contributed by atoms with E-state index >= 15 is 0 Å². The first kappa shape index (κ1) is 13.1. The number of halogens is 1. The second-order valence-corrected chi connectivity index (χ2v) is 7.02. The van der Waals surface area contributed by atoms with Crippen molar-refractivity contribution in [2.24, 2.45) is 0 Å². The highest BCUT2D eigenvalue weighted by molar-refractivity contribution is 8.06. The molecule has 1 aliphatic heterocycles. The number of nitrogens with zero attached hydrogens (tertiary/aromatic N) is 2. The SMILES string of the molecule is Nc1cc(Cl)ccc1-c1nc(C2CSCCS2)no1. The van der Waals surface area contributed by atoms with Crippen LogP contribution < -0.4 is 5.73 Å². The third-order valence-electron chi connectivity index (χ3n) is 2.79. The van der Waals surface area contributed by atoms with E-state index in [0.29, 0.717) is 21.9 Å². The summed E-state index contributed by atoms with van der Waals surface area (Å²) in [7, 11) is 0. The average molecular weight is 314 g/mol. The monoisotopic (exact) mass is 313 g/mol. The molecule has 1 unspecified atom stereocenters. The molecule has 7 heteroatoms. The largest absolute Gasteiger partial charge is 0.398 e. The Bertz CT molecular complexity index is 584. The minimum Gasteiger partial charge on any atom is -0.398 e. The number of nitrogens with two attached hydrogens (primary N) is 1. The number of aromatic nitrogens is 2. The molecule has 0 spiro atoms. The molecule has 2 aromatic rings. The minimum absolute atomic E-state index is 0.310. The molecule has 19 heavy (non-hydrogen) atoms. The highest BCUT2D eigenvalue weighted by Gasteiger charge is 2.22. The standard InChI is InChI=1S/C12H12ClN3OS2/c13-7-1-2-8(9(14)5-7)12-15-11(16-17-12)10-6-18-3-4-19-10/h1-2,5,10H,3-4,6,14H2. The Balaban J connectivity index is 1.87. The lowest BCUT2D eigenvalue weighted by Gasteiger charge is -2.16. The summed E-state index contributed by atoms with van der Waals surface area (Å²) in [4.78, 5) is 4.46. The van der Waals surface area contributed by atoms with Gasteiger partial charge in [-0.2, -0.15) is 16.7 Å². The zero-order valence-corrected chi connectivity index (χ0v) is 12.4. The lowest BCUT2D eigenvalue weighted by Crippen LogP contribution is -2.07. The van der Waals surface area contributed by atoms with E-state index in [9.17, 15) is 0 Å². The Morgan fingerprint density at radius 3 is 3.00 bits per heavy atom. The zero-order valence-electron chi connectivity index (χ0n) is 10.0. The van der Waals surface area contributed by atoms with Crippen LogP contribution in [0, 0.1) is 0 Å². The molecule has 4 nitrogen and oxygen atoms in total. The molecule has 1 aromatic carbocycles. The molecule has 2 heterocycles. The van der Waals surface area contributed by atoms with Gasteiger partial charge in [0.1, 0.15) is 0 Å². The summed E-state index contributed by atoms with van der Waals surface area (Å²) < 4.78 is 5.32. The Morgan fingerprint density at radius 1 is 1.37 bits per heavy atom. The summed E-state index contributed by atoms with van der Waals surface area (Å²) in [6.07, 6.45) is 0. The summed E-state index contributed by atoms with van der Waals surface area (Å²) in [6.45, 7) is 0. The molecule has 0 amide bonds. The average Bonchev–Trinajstić information content (AvgIpc) is 2.89. The highest BCUT2D eigenvalue weighted by Crippen LogP contribution is 2.36. The van der Waals surface area contributed by atoms with E-state index in [4.69, 9.17) is 21.9 Å². The highest BCUT2D eigenvalue weighted by atomic mass is 35.5. The van der Waals surface area contributed by atoms with Crippen LogP contribution in [-0.2, 0) is 0 Å². The molecule has 1 aliphatic rings. The maximum atomic E-state index is 5.92. The second kappa shape index (κ2) is 5.64. The van der Waals surface area contributed by atoms with Crippen LogP contribution >= 0.6 is 35.1 Å². The molecule has 0 bridgehead atoms. The van der Waals surface area contributed by atoms with Gasteiger partial charge in [-0.25, -0.2) is 0 Å². The van der Waals surface area contributed by atoms with Crippen LogP contribution in [-0.4, -0.2) is 27.4 Å². The van der Waals surface area contributed by atoms with Crippen LogP contribution in [0.15, 0.2) is 22.7 Å². The van der Waals surface area contributed by atoms with Crippen molar-refractivity contribution in [3.63, 3.8) is 0 Å². The third-order valence-corrected chi connectivity index (χ3v) is 5.78. The summed E-state index contributed by atoms with van der Waals surface area (Å²) in [6, 6.07) is 5.26. The van der Waals surface area contributed by atoms with Crippen molar-refractivity contribution in [2.45, 2.75) is 5.25 Å². The molecule has 1 aromatic heterocycles. The summed E-state index contributed by atoms with van der Waals surface area (Å²) >= 11 is 9.68. The van der Waals surface area contributed by atoms with E-state index in [0.717, 1.165) is 22.9 Å². The lowest BCUT2D eigenvalue weighted by atomic mass is 10.2. The van der Waals surface area contributed by atoms with Gasteiger partial charge in [0, 0.05) is 28.0 Å². The van der Waals surface area contributed by atoms with Gasteiger partial charge in [0.25, 0.3) is 5.89 Å².